The van der Waals surface area contributed by atoms with Gasteiger partial charge in [-0.2, -0.15) is 0 Å². The van der Waals surface area contributed by atoms with E-state index in [1.54, 1.807) is 19.2 Å². The highest BCUT2D eigenvalue weighted by molar-refractivity contribution is 7.16. The molecule has 0 aliphatic heterocycles. The Bertz CT molecular complexity index is 545. The molecule has 5 nitrogen and oxygen atoms in total. The van der Waals surface area contributed by atoms with Crippen molar-refractivity contribution in [1.29, 1.82) is 0 Å². The Kier molecular flexibility index (Phi) is 3.23. The maximum absolute atomic E-state index is 11.1. The average Bonchev–Trinajstić information content (AvgIpc) is 2.63. The Morgan fingerprint density at radius 2 is 2.31 bits per heavy atom. The Hall–Kier alpha value is -1.37. The van der Waals surface area contributed by atoms with E-state index < -0.39 is 0 Å². The van der Waals surface area contributed by atoms with Crippen molar-refractivity contribution in [3.05, 3.63) is 27.4 Å². The van der Waals surface area contributed by atoms with Gasteiger partial charge in [0.15, 0.2) is 0 Å². The van der Waals surface area contributed by atoms with Crippen LogP contribution in [0, 0.1) is 0 Å². The topological polar surface area (TPSA) is 74.7 Å². The molecule has 2 aromatic rings. The summed E-state index contributed by atoms with van der Waals surface area (Å²) in [6, 6.07) is 3.57. The van der Waals surface area contributed by atoms with Gasteiger partial charge in [0.2, 0.25) is 0 Å². The number of methoxy groups -OCH3 is 1. The molecule has 1 aromatic carbocycles. The van der Waals surface area contributed by atoms with Crippen LogP contribution in [0.2, 0.25) is 0 Å². The summed E-state index contributed by atoms with van der Waals surface area (Å²) in [7, 11) is 1.58. The number of ether oxygens (including phenoxy) is 1. The minimum atomic E-state index is -0.315. The summed E-state index contributed by atoms with van der Waals surface area (Å²) in [5, 5.41) is 0. The van der Waals surface area contributed by atoms with Gasteiger partial charge in [0.05, 0.1) is 18.4 Å². The van der Waals surface area contributed by atoms with Gasteiger partial charge in [-0.3, -0.25) is 0 Å². The standard InChI is InChI=1S/C10H11NO4S/c1-13-7-5-9-8(15-10(12)16-9)4-6(7)2-3-14-11/h4-5H,2-3,11H2,1H3. The number of nitrogens with two attached hydrogens (primary N) is 1. The van der Waals surface area contributed by atoms with Crippen LogP contribution in [0.3, 0.4) is 0 Å². The van der Waals surface area contributed by atoms with Gasteiger partial charge in [-0.15, -0.1) is 0 Å². The second kappa shape index (κ2) is 4.65. The largest absolute Gasteiger partial charge is 0.496 e. The first-order chi connectivity index (χ1) is 7.74. The predicted molar refractivity (Wildman–Crippen MR) is 60.8 cm³/mol. The molecule has 0 saturated carbocycles. The average molecular weight is 241 g/mol. The molecule has 0 spiro atoms. The highest BCUT2D eigenvalue weighted by Gasteiger charge is 2.09. The molecular formula is C10H11NO4S. The lowest BCUT2D eigenvalue weighted by atomic mass is 10.1. The molecule has 0 aliphatic rings. The van der Waals surface area contributed by atoms with Gasteiger partial charge < -0.3 is 14.0 Å². The van der Waals surface area contributed by atoms with Crippen LogP contribution in [0.25, 0.3) is 10.3 Å². The van der Waals surface area contributed by atoms with Crippen molar-refractivity contribution in [2.75, 3.05) is 13.7 Å². The zero-order chi connectivity index (χ0) is 11.5. The number of fused-ring (bicyclic) bond motifs is 1. The van der Waals surface area contributed by atoms with Crippen LogP contribution in [0.1, 0.15) is 5.56 Å². The van der Waals surface area contributed by atoms with E-state index in [0.717, 1.165) is 21.6 Å². The number of hydrogen-bond acceptors (Lipinski definition) is 6. The summed E-state index contributed by atoms with van der Waals surface area (Å²) < 4.78 is 11.0. The highest BCUT2D eigenvalue weighted by atomic mass is 32.1. The van der Waals surface area contributed by atoms with Gasteiger partial charge in [0.1, 0.15) is 11.3 Å². The molecule has 1 heterocycles. The molecule has 6 heteroatoms. The van der Waals surface area contributed by atoms with Crippen molar-refractivity contribution < 1.29 is 14.0 Å². The van der Waals surface area contributed by atoms with E-state index in [1.807, 2.05) is 0 Å². The van der Waals surface area contributed by atoms with E-state index >= 15 is 0 Å². The van der Waals surface area contributed by atoms with Gasteiger partial charge in [0.25, 0.3) is 0 Å². The molecule has 0 radical (unpaired) electrons. The van der Waals surface area contributed by atoms with Crippen LogP contribution in [-0.2, 0) is 11.3 Å². The Morgan fingerprint density at radius 3 is 3.00 bits per heavy atom. The Labute approximate surface area is 95.3 Å². The summed E-state index contributed by atoms with van der Waals surface area (Å²) in [4.78, 5) is 15.3. The van der Waals surface area contributed by atoms with Crippen molar-refractivity contribution in [2.45, 2.75) is 6.42 Å². The fourth-order valence-corrected chi connectivity index (χ4v) is 2.18. The van der Waals surface area contributed by atoms with Gasteiger partial charge in [-0.1, -0.05) is 11.3 Å². The molecule has 86 valence electrons. The molecule has 0 aliphatic carbocycles. The lowest BCUT2D eigenvalue weighted by Gasteiger charge is -2.07. The van der Waals surface area contributed by atoms with Gasteiger partial charge in [0, 0.05) is 18.1 Å². The van der Waals surface area contributed by atoms with Crippen molar-refractivity contribution in [1.82, 2.24) is 0 Å². The minimum absolute atomic E-state index is 0.315. The quantitative estimate of drug-likeness (QED) is 0.816. The van der Waals surface area contributed by atoms with Crippen molar-refractivity contribution in [3.63, 3.8) is 0 Å². The molecule has 2 rings (SSSR count). The first-order valence-electron chi connectivity index (χ1n) is 4.67. The third-order valence-corrected chi connectivity index (χ3v) is 3.01. The number of rotatable bonds is 4. The molecular weight excluding hydrogens is 230 g/mol. The second-order valence-corrected chi connectivity index (χ2v) is 4.16. The lowest BCUT2D eigenvalue weighted by Crippen LogP contribution is -2.04. The van der Waals surface area contributed by atoms with Crippen molar-refractivity contribution in [3.8, 4) is 5.75 Å². The monoisotopic (exact) mass is 241 g/mol. The Balaban J connectivity index is 2.48. The molecule has 2 N–H and O–H groups in total. The van der Waals surface area contributed by atoms with Crippen LogP contribution < -0.4 is 15.6 Å². The molecule has 0 saturated heterocycles. The van der Waals surface area contributed by atoms with E-state index in [9.17, 15) is 4.79 Å². The van der Waals surface area contributed by atoms with E-state index in [1.165, 1.54) is 0 Å². The Morgan fingerprint density at radius 1 is 1.50 bits per heavy atom. The summed E-state index contributed by atoms with van der Waals surface area (Å²) in [6.07, 6.45) is 0.606. The smallest absolute Gasteiger partial charge is 0.396 e. The molecule has 0 bridgehead atoms. The maximum atomic E-state index is 11.1. The second-order valence-electron chi connectivity index (χ2n) is 3.19. The normalized spacial score (nSPS) is 10.9. The maximum Gasteiger partial charge on any atom is 0.396 e. The summed E-state index contributed by atoms with van der Waals surface area (Å²) in [5.74, 6) is 5.68. The van der Waals surface area contributed by atoms with E-state index in [-0.39, 0.29) is 4.94 Å². The molecule has 1 aromatic heterocycles. The lowest BCUT2D eigenvalue weighted by molar-refractivity contribution is 0.140. The van der Waals surface area contributed by atoms with Crippen LogP contribution >= 0.6 is 11.3 Å². The van der Waals surface area contributed by atoms with Gasteiger partial charge in [-0.25, -0.2) is 10.7 Å². The predicted octanol–water partition coefficient (Wildman–Crippen LogP) is 1.30. The van der Waals surface area contributed by atoms with Crippen LogP contribution in [0.15, 0.2) is 21.3 Å². The van der Waals surface area contributed by atoms with Crippen LogP contribution in [0.5, 0.6) is 5.75 Å². The summed E-state index contributed by atoms with van der Waals surface area (Å²) >= 11 is 1.06. The zero-order valence-corrected chi connectivity index (χ0v) is 9.50. The number of benzene rings is 1. The van der Waals surface area contributed by atoms with E-state index in [0.29, 0.717) is 24.4 Å². The van der Waals surface area contributed by atoms with Crippen molar-refractivity contribution >= 4 is 21.6 Å². The fourth-order valence-electron chi connectivity index (χ4n) is 1.50. The fraction of sp³-hybridized carbons (Fsp3) is 0.300. The van der Waals surface area contributed by atoms with Gasteiger partial charge in [-0.05, 0) is 6.07 Å². The zero-order valence-electron chi connectivity index (χ0n) is 8.69. The molecule has 16 heavy (non-hydrogen) atoms. The third-order valence-electron chi connectivity index (χ3n) is 2.22. The number of hydrogen-bond donors (Lipinski definition) is 1. The minimum Gasteiger partial charge on any atom is -0.496 e. The SMILES string of the molecule is COc1cc2sc(=O)oc2cc1CCON. The van der Waals surface area contributed by atoms with Crippen LogP contribution in [-0.4, -0.2) is 13.7 Å². The van der Waals surface area contributed by atoms with E-state index in [4.69, 9.17) is 15.1 Å². The summed E-state index contributed by atoms with van der Waals surface area (Å²) in [6.45, 7) is 0.385. The molecule has 0 amide bonds. The van der Waals surface area contributed by atoms with Gasteiger partial charge >= 0.3 is 4.94 Å². The first kappa shape index (κ1) is 11.1. The highest BCUT2D eigenvalue weighted by Crippen LogP contribution is 2.27. The van der Waals surface area contributed by atoms with Crippen LogP contribution in [0.4, 0.5) is 0 Å². The molecule has 0 atom stereocenters. The third kappa shape index (κ3) is 2.08. The molecule has 0 fully saturated rings. The summed E-state index contributed by atoms with van der Waals surface area (Å²) in [5.41, 5.74) is 1.48. The van der Waals surface area contributed by atoms with Crippen molar-refractivity contribution in [2.24, 2.45) is 5.90 Å². The van der Waals surface area contributed by atoms with E-state index in [2.05, 4.69) is 4.84 Å². The first-order valence-corrected chi connectivity index (χ1v) is 5.48. The molecule has 0 unspecified atom stereocenters.